The Labute approximate surface area is 106 Å². The fourth-order valence-electron chi connectivity index (χ4n) is 1.46. The number of hydrogen-bond acceptors (Lipinski definition) is 0. The van der Waals surface area contributed by atoms with Crippen molar-refractivity contribution < 1.29 is 34.1 Å². The van der Waals surface area contributed by atoms with Gasteiger partial charge in [-0.05, 0) is 27.2 Å². The molecule has 0 amide bonds. The molecule has 0 saturated heterocycles. The zero-order chi connectivity index (χ0) is 9.61. The van der Waals surface area contributed by atoms with Gasteiger partial charge in [0.25, 0.3) is 0 Å². The van der Waals surface area contributed by atoms with Crippen molar-refractivity contribution in [1.82, 2.24) is 0 Å². The largest absolute Gasteiger partial charge is 0.0708 e. The Hall–Kier alpha value is 1.53. The van der Waals surface area contributed by atoms with Gasteiger partial charge in [0.05, 0.1) is 26.0 Å². The third kappa shape index (κ3) is 5.30. The van der Waals surface area contributed by atoms with Crippen LogP contribution in [0.3, 0.4) is 0 Å². The third-order valence-corrected chi connectivity index (χ3v) is 7.51. The topological polar surface area (TPSA) is 0 Å². The quantitative estimate of drug-likeness (QED) is 0.640. The van der Waals surface area contributed by atoms with Crippen molar-refractivity contribution in [3.05, 3.63) is 0 Å². The van der Waals surface area contributed by atoms with Gasteiger partial charge < -0.3 is 0 Å². The zero-order valence-electron chi connectivity index (χ0n) is 10.1. The fourth-order valence-corrected chi connectivity index (χ4v) is 4.38. The Morgan fingerprint density at radius 3 is 1.67 bits per heavy atom. The van der Waals surface area contributed by atoms with Crippen LogP contribution in [0.1, 0.15) is 41.9 Å². The second-order valence-electron chi connectivity index (χ2n) is 3.14. The average molecular weight is 265 g/mol. The molecule has 71 valence electrons. The summed E-state index contributed by atoms with van der Waals surface area (Å²) >= 11 is 0. The summed E-state index contributed by atoms with van der Waals surface area (Å²) in [6.45, 7) is 9.02. The molecule has 1 unspecified atom stereocenters. The molecule has 0 spiro atoms. The van der Waals surface area contributed by atoms with E-state index >= 15 is 0 Å². The summed E-state index contributed by atoms with van der Waals surface area (Å²) in [7, 11) is -0.880. The van der Waals surface area contributed by atoms with E-state index in [-0.39, 0.29) is 38.8 Å². The van der Waals surface area contributed by atoms with Gasteiger partial charge in [0, 0.05) is 40.0 Å². The molecule has 0 aliphatic heterocycles. The van der Waals surface area contributed by atoms with E-state index in [1.165, 1.54) is 24.9 Å². The first-order valence-electron chi connectivity index (χ1n) is 5.52. The van der Waals surface area contributed by atoms with Crippen LogP contribution < -0.4 is 0 Å². The first-order valence-corrected chi connectivity index (χ1v) is 7.36. The van der Waals surface area contributed by atoms with Gasteiger partial charge in [0.2, 0.25) is 0 Å². The molecule has 0 fully saturated rings. The maximum atomic E-state index is 8.13. The molecule has 0 saturated carbocycles. The summed E-state index contributed by atoms with van der Waals surface area (Å²) in [4.78, 5) is 0. The summed E-state index contributed by atoms with van der Waals surface area (Å²) in [6.07, 6.45) is 6.37. The van der Waals surface area contributed by atoms with E-state index < -0.39 is 7.26 Å². The second kappa shape index (κ2) is 9.10. The van der Waals surface area contributed by atoms with Crippen LogP contribution >= 0.6 is 7.26 Å². The predicted octanol–water partition coefficient (Wildman–Crippen LogP) is 3.86. The Balaban J connectivity index is 0. The molecule has 0 rings (SSSR count). The molecule has 0 aromatic heterocycles. The van der Waals surface area contributed by atoms with E-state index in [2.05, 4.69) is 27.7 Å². The summed E-state index contributed by atoms with van der Waals surface area (Å²) < 4.78 is 8.13. The molecule has 0 aromatic carbocycles. The van der Waals surface area contributed by atoms with Gasteiger partial charge in [0.1, 0.15) is 0 Å². The van der Waals surface area contributed by atoms with E-state index in [0.29, 0.717) is 0 Å². The van der Waals surface area contributed by atoms with Crippen molar-refractivity contribution in [3.8, 4) is 0 Å². The molecule has 0 aromatic rings. The Kier molecular flexibility index (Phi) is 10.3. The van der Waals surface area contributed by atoms with Gasteiger partial charge in [-0.15, -0.1) is 0 Å². The van der Waals surface area contributed by atoms with Crippen LogP contribution in [0, 0.1) is 0 Å². The molecule has 0 aliphatic rings. The van der Waals surface area contributed by atoms with Crippen LogP contribution in [0.5, 0.6) is 0 Å². The van der Waals surface area contributed by atoms with Crippen LogP contribution in [-0.2, 0) is 32.7 Å². The normalized spacial score (nSPS) is 14.8. The van der Waals surface area contributed by atoms with Crippen LogP contribution in [0.25, 0.3) is 0 Å². The summed E-state index contributed by atoms with van der Waals surface area (Å²) in [6, 6.07) is 0. The Morgan fingerprint density at radius 1 is 1.00 bits per heavy atom. The van der Waals surface area contributed by atoms with Crippen molar-refractivity contribution in [2.75, 3.05) is 24.6 Å². The molecule has 0 N–H and O–H groups in total. The summed E-state index contributed by atoms with van der Waals surface area (Å²) in [5.74, 6) is 0. The van der Waals surface area contributed by atoms with Gasteiger partial charge in [-0.1, -0.05) is 13.3 Å². The van der Waals surface area contributed by atoms with Crippen LogP contribution in [0.2, 0.25) is 0 Å². The molecule has 0 aliphatic carbocycles. The maximum absolute atomic E-state index is 8.13. The van der Waals surface area contributed by atoms with Gasteiger partial charge in [-0.25, -0.2) is 0 Å². The van der Waals surface area contributed by atoms with Gasteiger partial charge >= 0.3 is 0 Å². The molecule has 1 radical (unpaired) electrons. The minimum Gasteiger partial charge on any atom is -0.0652 e. The minimum atomic E-state index is -0.880. The maximum Gasteiger partial charge on any atom is 0.0708 e. The van der Waals surface area contributed by atoms with Gasteiger partial charge in [-0.3, -0.25) is 0 Å². The van der Waals surface area contributed by atoms with Crippen molar-refractivity contribution in [2.24, 2.45) is 0 Å². The molecule has 0 heterocycles. The first kappa shape index (κ1) is 13.5. The van der Waals surface area contributed by atoms with Crippen LogP contribution in [-0.4, -0.2) is 24.6 Å². The van der Waals surface area contributed by atoms with Crippen LogP contribution in [0.4, 0.5) is 0 Å². The predicted molar refractivity (Wildman–Crippen MR) is 58.3 cm³/mol. The van der Waals surface area contributed by atoms with Crippen molar-refractivity contribution in [2.45, 2.75) is 40.5 Å². The fraction of sp³-hybridized carbons (Fsp3) is 1.00. The number of hydrogen-bond donors (Lipinski definition) is 0. The van der Waals surface area contributed by atoms with E-state index in [9.17, 15) is 0 Å². The van der Waals surface area contributed by atoms with Crippen molar-refractivity contribution >= 4 is 7.26 Å². The third-order valence-electron chi connectivity index (χ3n) is 2.69. The van der Waals surface area contributed by atoms with E-state index in [1.54, 1.807) is 0 Å². The zero-order valence-corrected chi connectivity index (χ0v) is 12.9. The summed E-state index contributed by atoms with van der Waals surface area (Å²) in [5, 5.41) is 0. The van der Waals surface area contributed by atoms with Gasteiger partial charge in [-0.2, -0.15) is 0 Å². The molecular formula is C10H24PY+. The Morgan fingerprint density at radius 2 is 1.42 bits per heavy atom. The van der Waals surface area contributed by atoms with Gasteiger partial charge in [0.15, 0.2) is 0 Å². The SMILES string of the molecule is [2H]C(CCC)[P+](CC)(CC)CC.[Y]. The first-order chi connectivity index (χ1) is 5.66. The average Bonchev–Trinajstić information content (AvgIpc) is 2.09. The molecule has 2 heteroatoms. The van der Waals surface area contributed by atoms with E-state index in [1.807, 2.05) is 0 Å². The minimum absolute atomic E-state index is 0. The molecule has 12 heavy (non-hydrogen) atoms. The summed E-state index contributed by atoms with van der Waals surface area (Å²) in [5.41, 5.74) is 0. The van der Waals surface area contributed by atoms with Crippen molar-refractivity contribution in [1.29, 1.82) is 0 Å². The second-order valence-corrected chi connectivity index (χ2v) is 7.84. The molecule has 0 bridgehead atoms. The molecule has 1 atom stereocenters. The standard InChI is InChI=1S/C10H24P.Y/c1-5-9-10-11(6-2,7-3)8-4;/h5-10H2,1-4H3;/q+1;/i10D;. The smallest absolute Gasteiger partial charge is 0.0652 e. The van der Waals surface area contributed by atoms with Crippen LogP contribution in [0.15, 0.2) is 0 Å². The molecular weight excluding hydrogens is 240 g/mol. The van der Waals surface area contributed by atoms with Crippen molar-refractivity contribution in [3.63, 3.8) is 0 Å². The monoisotopic (exact) mass is 265 g/mol. The van der Waals surface area contributed by atoms with E-state index in [0.717, 1.165) is 6.42 Å². The Bertz CT molecular complexity index is 107. The number of rotatable bonds is 6. The molecule has 0 nitrogen and oxygen atoms in total. The van der Waals surface area contributed by atoms with E-state index in [4.69, 9.17) is 1.37 Å².